The normalized spacial score (nSPS) is 11.0. The Labute approximate surface area is 143 Å². The van der Waals surface area contributed by atoms with Gasteiger partial charge in [0.25, 0.3) is 0 Å². The number of rotatable bonds is 5. The maximum absolute atomic E-state index is 12.2. The third-order valence-corrected chi connectivity index (χ3v) is 3.92. The van der Waals surface area contributed by atoms with Crippen molar-refractivity contribution in [3.63, 3.8) is 0 Å². The van der Waals surface area contributed by atoms with Crippen LogP contribution in [0.4, 0.5) is 0 Å². The predicted octanol–water partition coefficient (Wildman–Crippen LogP) is 2.83. The number of hydrogen-bond donors (Lipinski definition) is 1. The summed E-state index contributed by atoms with van der Waals surface area (Å²) in [5.41, 5.74) is 2.82. The molecule has 0 saturated carbocycles. The van der Waals surface area contributed by atoms with E-state index in [0.29, 0.717) is 11.1 Å². The number of nitrogens with one attached hydrogen (secondary N) is 1. The molecule has 7 nitrogen and oxygen atoms in total. The lowest BCUT2D eigenvalue weighted by atomic mass is 10.0. The molecule has 1 N–H and O–H groups in total. The van der Waals surface area contributed by atoms with E-state index >= 15 is 0 Å². The molecule has 0 bridgehead atoms. The van der Waals surface area contributed by atoms with Gasteiger partial charge in [0.05, 0.1) is 37.6 Å². The first-order valence-electron chi connectivity index (χ1n) is 7.78. The minimum Gasteiger partial charge on any atom is -0.465 e. The van der Waals surface area contributed by atoms with E-state index in [9.17, 15) is 9.59 Å². The number of ether oxygens (including phenoxy) is 3. The molecule has 7 heteroatoms. The number of esters is 2. The zero-order valence-corrected chi connectivity index (χ0v) is 14.2. The van der Waals surface area contributed by atoms with E-state index in [-0.39, 0.29) is 18.9 Å². The number of hydrogen-bond acceptors (Lipinski definition) is 6. The summed E-state index contributed by atoms with van der Waals surface area (Å²) in [6.07, 6.45) is 1.58. The van der Waals surface area contributed by atoms with Gasteiger partial charge in [0, 0.05) is 29.0 Å². The van der Waals surface area contributed by atoms with Crippen LogP contribution in [0.5, 0.6) is 0 Å². The molecule has 3 aromatic rings. The first-order chi connectivity index (χ1) is 12.1. The van der Waals surface area contributed by atoms with Gasteiger partial charge < -0.3 is 19.2 Å². The van der Waals surface area contributed by atoms with Crippen LogP contribution in [-0.2, 0) is 20.8 Å². The number of pyridine rings is 1. The van der Waals surface area contributed by atoms with Crippen molar-refractivity contribution < 1.29 is 23.8 Å². The number of carbonyl (C=O) groups is 2. The fourth-order valence-corrected chi connectivity index (χ4v) is 2.87. The monoisotopic (exact) mass is 342 g/mol. The molecule has 0 saturated heterocycles. The molecular formula is C18H18N2O5. The number of aromatic nitrogens is 2. The Bertz CT molecular complexity index is 961. The molecular weight excluding hydrogens is 324 g/mol. The highest BCUT2D eigenvalue weighted by atomic mass is 16.5. The van der Waals surface area contributed by atoms with Crippen molar-refractivity contribution in [2.24, 2.45) is 0 Å². The lowest BCUT2D eigenvalue weighted by Crippen LogP contribution is -2.11. The molecule has 130 valence electrons. The summed E-state index contributed by atoms with van der Waals surface area (Å²) in [4.78, 5) is 31.6. The number of aromatic amines is 1. The Morgan fingerprint density at radius 1 is 1.16 bits per heavy atom. The third kappa shape index (κ3) is 2.94. The lowest BCUT2D eigenvalue weighted by Gasteiger charge is -2.09. The average molecular weight is 342 g/mol. The summed E-state index contributed by atoms with van der Waals surface area (Å²) < 4.78 is 15.1. The molecule has 2 aromatic heterocycles. The second-order valence-corrected chi connectivity index (χ2v) is 5.40. The summed E-state index contributed by atoms with van der Waals surface area (Å²) in [5, 5.41) is 1.57. The van der Waals surface area contributed by atoms with Crippen molar-refractivity contribution in [3.8, 4) is 0 Å². The lowest BCUT2D eigenvalue weighted by molar-refractivity contribution is 0.0513. The standard InChI is InChI=1S/C18H18N2O5/c1-4-25-18(22)16-12(9-23-2)15-11-7-10(17(21)24-3)5-6-13(11)20-14(15)8-19-16/h5-8,20H,4,9H2,1-3H3. The van der Waals surface area contributed by atoms with Crippen LogP contribution in [0.15, 0.2) is 24.4 Å². The number of carbonyl (C=O) groups excluding carboxylic acids is 2. The van der Waals surface area contributed by atoms with E-state index in [1.165, 1.54) is 7.11 Å². The van der Waals surface area contributed by atoms with Crippen molar-refractivity contribution in [3.05, 3.63) is 41.2 Å². The van der Waals surface area contributed by atoms with Crippen LogP contribution in [-0.4, -0.2) is 42.7 Å². The molecule has 0 fully saturated rings. The first kappa shape index (κ1) is 16.9. The van der Waals surface area contributed by atoms with E-state index in [4.69, 9.17) is 14.2 Å². The van der Waals surface area contributed by atoms with E-state index in [1.54, 1.807) is 38.4 Å². The largest absolute Gasteiger partial charge is 0.465 e. The Morgan fingerprint density at radius 3 is 2.64 bits per heavy atom. The Hall–Kier alpha value is -2.93. The number of H-pyrrole nitrogens is 1. The summed E-state index contributed by atoms with van der Waals surface area (Å²) >= 11 is 0. The predicted molar refractivity (Wildman–Crippen MR) is 91.6 cm³/mol. The molecule has 0 aliphatic rings. The van der Waals surface area contributed by atoms with Gasteiger partial charge in [0.1, 0.15) is 0 Å². The van der Waals surface area contributed by atoms with Gasteiger partial charge in [0.2, 0.25) is 0 Å². The van der Waals surface area contributed by atoms with Gasteiger partial charge in [-0.2, -0.15) is 0 Å². The first-order valence-corrected chi connectivity index (χ1v) is 7.78. The topological polar surface area (TPSA) is 90.5 Å². The second kappa shape index (κ2) is 6.90. The molecule has 0 aliphatic carbocycles. The molecule has 0 atom stereocenters. The van der Waals surface area contributed by atoms with Gasteiger partial charge in [-0.3, -0.25) is 0 Å². The van der Waals surface area contributed by atoms with Crippen molar-refractivity contribution in [2.45, 2.75) is 13.5 Å². The SMILES string of the molecule is CCOC(=O)c1ncc2[nH]c3ccc(C(=O)OC)cc3c2c1COC. The highest BCUT2D eigenvalue weighted by molar-refractivity contribution is 6.12. The van der Waals surface area contributed by atoms with Crippen molar-refractivity contribution in [1.29, 1.82) is 0 Å². The van der Waals surface area contributed by atoms with E-state index in [0.717, 1.165) is 21.8 Å². The summed E-state index contributed by atoms with van der Waals surface area (Å²) in [6.45, 7) is 2.18. The van der Waals surface area contributed by atoms with Crippen LogP contribution in [0.3, 0.4) is 0 Å². The van der Waals surface area contributed by atoms with Crippen molar-refractivity contribution >= 4 is 33.7 Å². The van der Waals surface area contributed by atoms with Crippen LogP contribution >= 0.6 is 0 Å². The molecule has 0 unspecified atom stereocenters. The molecule has 0 amide bonds. The third-order valence-electron chi connectivity index (χ3n) is 3.92. The minimum atomic E-state index is -0.505. The van der Waals surface area contributed by atoms with Gasteiger partial charge in [-0.1, -0.05) is 0 Å². The number of fused-ring (bicyclic) bond motifs is 3. The molecule has 2 heterocycles. The molecule has 1 aromatic carbocycles. The molecule has 0 aliphatic heterocycles. The van der Waals surface area contributed by atoms with Gasteiger partial charge in [-0.25, -0.2) is 14.6 Å². The minimum absolute atomic E-state index is 0.188. The van der Waals surface area contributed by atoms with Gasteiger partial charge in [-0.15, -0.1) is 0 Å². The molecule has 25 heavy (non-hydrogen) atoms. The maximum atomic E-state index is 12.2. The molecule has 0 spiro atoms. The zero-order valence-electron chi connectivity index (χ0n) is 14.2. The van der Waals surface area contributed by atoms with Crippen LogP contribution in [0.2, 0.25) is 0 Å². The quantitative estimate of drug-likeness (QED) is 0.717. The Balaban J connectivity index is 2.31. The van der Waals surface area contributed by atoms with E-state index in [2.05, 4.69) is 9.97 Å². The van der Waals surface area contributed by atoms with Crippen molar-refractivity contribution in [1.82, 2.24) is 9.97 Å². The second-order valence-electron chi connectivity index (χ2n) is 5.40. The Kier molecular flexibility index (Phi) is 4.67. The van der Waals surface area contributed by atoms with Gasteiger partial charge in [0.15, 0.2) is 5.69 Å². The summed E-state index contributed by atoms with van der Waals surface area (Å²) in [7, 11) is 2.88. The fraction of sp³-hybridized carbons (Fsp3) is 0.278. The summed E-state index contributed by atoms with van der Waals surface area (Å²) in [6, 6.07) is 5.20. The van der Waals surface area contributed by atoms with Gasteiger partial charge >= 0.3 is 11.9 Å². The van der Waals surface area contributed by atoms with E-state index < -0.39 is 11.9 Å². The number of benzene rings is 1. The maximum Gasteiger partial charge on any atom is 0.357 e. The fourth-order valence-electron chi connectivity index (χ4n) is 2.87. The number of methoxy groups -OCH3 is 2. The van der Waals surface area contributed by atoms with Gasteiger partial charge in [-0.05, 0) is 25.1 Å². The zero-order chi connectivity index (χ0) is 18.0. The highest BCUT2D eigenvalue weighted by Crippen LogP contribution is 2.31. The number of nitrogens with zero attached hydrogens (tertiary/aromatic N) is 1. The van der Waals surface area contributed by atoms with Crippen LogP contribution in [0.25, 0.3) is 21.8 Å². The van der Waals surface area contributed by atoms with Crippen LogP contribution in [0.1, 0.15) is 33.3 Å². The smallest absolute Gasteiger partial charge is 0.357 e. The van der Waals surface area contributed by atoms with Crippen molar-refractivity contribution in [2.75, 3.05) is 20.8 Å². The molecule has 3 rings (SSSR count). The van der Waals surface area contributed by atoms with Crippen LogP contribution < -0.4 is 0 Å². The molecule has 0 radical (unpaired) electrons. The average Bonchev–Trinajstić information content (AvgIpc) is 2.99. The van der Waals surface area contributed by atoms with Crippen LogP contribution in [0, 0.1) is 0 Å². The highest BCUT2D eigenvalue weighted by Gasteiger charge is 2.20. The summed E-state index contributed by atoms with van der Waals surface area (Å²) in [5.74, 6) is -0.931. The van der Waals surface area contributed by atoms with E-state index in [1.807, 2.05) is 0 Å². The Morgan fingerprint density at radius 2 is 1.96 bits per heavy atom.